The van der Waals surface area contributed by atoms with Crippen molar-refractivity contribution in [1.29, 1.82) is 0 Å². The third-order valence-electron chi connectivity index (χ3n) is 2.46. The van der Waals surface area contributed by atoms with Gasteiger partial charge in [-0.05, 0) is 17.7 Å². The molecule has 4 N–H and O–H groups in total. The van der Waals surface area contributed by atoms with Gasteiger partial charge in [0.2, 0.25) is 5.94 Å². The Balaban J connectivity index is 2.29. The van der Waals surface area contributed by atoms with Crippen LogP contribution in [0.25, 0.3) is 0 Å². The fraction of sp³-hybridized carbons (Fsp3) is 0.300. The van der Waals surface area contributed by atoms with E-state index in [0.717, 1.165) is 0 Å². The van der Waals surface area contributed by atoms with Crippen molar-refractivity contribution in [3.05, 3.63) is 23.8 Å². The first-order valence-corrected chi connectivity index (χ1v) is 6.77. The first-order chi connectivity index (χ1) is 8.37. The lowest BCUT2D eigenvalue weighted by Gasteiger charge is -2.20. The molecule has 1 aliphatic rings. The number of carboxylic acid groups (broad SMARTS) is 1. The molecule has 0 radical (unpaired) electrons. The highest BCUT2D eigenvalue weighted by molar-refractivity contribution is 7.92. The van der Waals surface area contributed by atoms with Gasteiger partial charge in [0, 0.05) is 6.04 Å². The van der Waals surface area contributed by atoms with Crippen molar-refractivity contribution in [2.24, 2.45) is 5.73 Å². The SMILES string of the molecule is NC(CC(=O)O)c1ccc2c(c1)NS(=O)(=O)CO2. The third-order valence-corrected chi connectivity index (χ3v) is 3.42. The molecule has 0 aromatic heterocycles. The summed E-state index contributed by atoms with van der Waals surface area (Å²) in [6.45, 7) is 0. The predicted octanol–water partition coefficient (Wildman–Crippen LogP) is 0.253. The highest BCUT2D eigenvalue weighted by atomic mass is 32.2. The molecule has 0 aliphatic carbocycles. The molecule has 0 saturated heterocycles. The second kappa shape index (κ2) is 4.46. The van der Waals surface area contributed by atoms with E-state index < -0.39 is 28.0 Å². The summed E-state index contributed by atoms with van der Waals surface area (Å²) in [4.78, 5) is 10.6. The lowest BCUT2D eigenvalue weighted by Crippen LogP contribution is -2.26. The highest BCUT2D eigenvalue weighted by Crippen LogP contribution is 2.32. The Labute approximate surface area is 104 Å². The van der Waals surface area contributed by atoms with Crippen molar-refractivity contribution in [1.82, 2.24) is 0 Å². The number of anilines is 1. The van der Waals surface area contributed by atoms with Crippen molar-refractivity contribution in [2.45, 2.75) is 12.5 Å². The van der Waals surface area contributed by atoms with Gasteiger partial charge in [-0.3, -0.25) is 9.52 Å². The van der Waals surface area contributed by atoms with Gasteiger partial charge in [-0.2, -0.15) is 0 Å². The molecule has 0 spiro atoms. The van der Waals surface area contributed by atoms with Crippen LogP contribution in [0.15, 0.2) is 18.2 Å². The first-order valence-electron chi connectivity index (χ1n) is 5.12. The van der Waals surface area contributed by atoms with Gasteiger partial charge in [0.05, 0.1) is 12.1 Å². The molecule has 0 bridgehead atoms. The molecule has 18 heavy (non-hydrogen) atoms. The number of aliphatic carboxylic acids is 1. The van der Waals surface area contributed by atoms with Crippen LogP contribution in [0.4, 0.5) is 5.69 Å². The van der Waals surface area contributed by atoms with E-state index in [1.54, 1.807) is 12.1 Å². The molecule has 7 nitrogen and oxygen atoms in total. The maximum Gasteiger partial charge on any atom is 0.305 e. The van der Waals surface area contributed by atoms with Gasteiger partial charge in [-0.15, -0.1) is 0 Å². The van der Waals surface area contributed by atoms with Crippen LogP contribution in [0.3, 0.4) is 0 Å². The minimum Gasteiger partial charge on any atom is -0.481 e. The summed E-state index contributed by atoms with van der Waals surface area (Å²) in [5.41, 5.74) is 6.51. The zero-order valence-corrected chi connectivity index (χ0v) is 10.1. The van der Waals surface area contributed by atoms with Gasteiger partial charge in [0.15, 0.2) is 0 Å². The molecule has 1 unspecified atom stereocenters. The number of hydrogen-bond donors (Lipinski definition) is 3. The van der Waals surface area contributed by atoms with Crippen LogP contribution >= 0.6 is 0 Å². The molecule has 0 fully saturated rings. The molecule has 1 aromatic rings. The summed E-state index contributed by atoms with van der Waals surface area (Å²) in [5, 5.41) is 8.65. The molecule has 8 heteroatoms. The second-order valence-electron chi connectivity index (χ2n) is 3.94. The van der Waals surface area contributed by atoms with E-state index in [9.17, 15) is 13.2 Å². The van der Waals surface area contributed by atoms with Gasteiger partial charge in [-0.1, -0.05) is 6.07 Å². The highest BCUT2D eigenvalue weighted by Gasteiger charge is 2.22. The molecular weight excluding hydrogens is 260 g/mol. The summed E-state index contributed by atoms with van der Waals surface area (Å²) >= 11 is 0. The predicted molar refractivity (Wildman–Crippen MR) is 63.7 cm³/mol. The number of benzene rings is 1. The Bertz CT molecular complexity index is 584. The van der Waals surface area contributed by atoms with Crippen molar-refractivity contribution >= 4 is 21.7 Å². The Morgan fingerprint density at radius 3 is 2.94 bits per heavy atom. The van der Waals surface area contributed by atoms with E-state index in [1.807, 2.05) is 0 Å². The van der Waals surface area contributed by atoms with Crippen LogP contribution in [-0.2, 0) is 14.8 Å². The number of rotatable bonds is 3. The largest absolute Gasteiger partial charge is 0.481 e. The Hall–Kier alpha value is -1.80. The standard InChI is InChI=1S/C10H12N2O5S/c11-7(4-10(13)14)6-1-2-9-8(3-6)12-18(15,16)5-17-9/h1-3,7,12H,4-5,11H2,(H,13,14). The number of hydrogen-bond acceptors (Lipinski definition) is 5. The smallest absolute Gasteiger partial charge is 0.305 e. The van der Waals surface area contributed by atoms with Crippen molar-refractivity contribution < 1.29 is 23.1 Å². The summed E-state index contributed by atoms with van der Waals surface area (Å²) in [6, 6.07) is 3.97. The molecule has 0 saturated carbocycles. The fourth-order valence-corrected chi connectivity index (χ4v) is 2.46. The maximum absolute atomic E-state index is 11.3. The van der Waals surface area contributed by atoms with Crippen LogP contribution in [-0.4, -0.2) is 25.4 Å². The lowest BCUT2D eigenvalue weighted by atomic mass is 10.0. The zero-order chi connectivity index (χ0) is 13.3. The molecule has 1 atom stereocenters. The molecule has 2 rings (SSSR count). The van der Waals surface area contributed by atoms with E-state index in [1.165, 1.54) is 6.07 Å². The number of sulfonamides is 1. The van der Waals surface area contributed by atoms with Gasteiger partial charge in [-0.25, -0.2) is 8.42 Å². The summed E-state index contributed by atoms with van der Waals surface area (Å²) in [6.07, 6.45) is -0.230. The summed E-state index contributed by atoms with van der Waals surface area (Å²) < 4.78 is 30.0. The molecule has 1 aromatic carbocycles. The third kappa shape index (κ3) is 2.71. The normalized spacial score (nSPS) is 18.1. The Morgan fingerprint density at radius 2 is 2.28 bits per heavy atom. The van der Waals surface area contributed by atoms with Crippen molar-refractivity contribution in [2.75, 3.05) is 10.7 Å². The fourth-order valence-electron chi connectivity index (χ4n) is 1.63. The minimum atomic E-state index is -3.49. The van der Waals surface area contributed by atoms with E-state index in [-0.39, 0.29) is 12.1 Å². The van der Waals surface area contributed by atoms with E-state index in [2.05, 4.69) is 4.72 Å². The molecule has 1 heterocycles. The van der Waals surface area contributed by atoms with Crippen LogP contribution in [0.2, 0.25) is 0 Å². The summed E-state index contributed by atoms with van der Waals surface area (Å²) in [7, 11) is -3.49. The number of ether oxygens (including phenoxy) is 1. The van der Waals surface area contributed by atoms with E-state index in [4.69, 9.17) is 15.6 Å². The maximum atomic E-state index is 11.3. The minimum absolute atomic E-state index is 0.230. The van der Waals surface area contributed by atoms with Gasteiger partial charge in [0.1, 0.15) is 5.75 Å². The Morgan fingerprint density at radius 1 is 1.56 bits per heavy atom. The zero-order valence-electron chi connectivity index (χ0n) is 9.29. The number of carbonyl (C=O) groups is 1. The van der Waals surface area contributed by atoms with Crippen LogP contribution in [0, 0.1) is 0 Å². The topological polar surface area (TPSA) is 119 Å². The molecular formula is C10H12N2O5S. The van der Waals surface area contributed by atoms with Crippen LogP contribution < -0.4 is 15.2 Å². The van der Waals surface area contributed by atoms with Crippen LogP contribution in [0.1, 0.15) is 18.0 Å². The van der Waals surface area contributed by atoms with Crippen LogP contribution in [0.5, 0.6) is 5.75 Å². The van der Waals surface area contributed by atoms with Crippen molar-refractivity contribution in [3.8, 4) is 5.75 Å². The lowest BCUT2D eigenvalue weighted by molar-refractivity contribution is -0.137. The Kier molecular flexibility index (Phi) is 3.14. The average molecular weight is 272 g/mol. The molecule has 1 aliphatic heterocycles. The second-order valence-corrected chi connectivity index (χ2v) is 5.61. The van der Waals surface area contributed by atoms with Gasteiger partial charge in [0.25, 0.3) is 10.0 Å². The van der Waals surface area contributed by atoms with E-state index >= 15 is 0 Å². The monoisotopic (exact) mass is 272 g/mol. The van der Waals surface area contributed by atoms with Gasteiger partial charge >= 0.3 is 5.97 Å². The number of carboxylic acids is 1. The van der Waals surface area contributed by atoms with E-state index in [0.29, 0.717) is 11.3 Å². The first kappa shape index (κ1) is 12.7. The quantitative estimate of drug-likeness (QED) is 0.725. The number of fused-ring (bicyclic) bond motifs is 1. The molecule has 98 valence electrons. The average Bonchev–Trinajstić information content (AvgIpc) is 2.25. The van der Waals surface area contributed by atoms with Gasteiger partial charge < -0.3 is 15.6 Å². The summed E-state index contributed by atoms with van der Waals surface area (Å²) in [5.74, 6) is -1.05. The number of nitrogens with two attached hydrogens (primary N) is 1. The number of nitrogens with one attached hydrogen (secondary N) is 1. The molecule has 0 amide bonds. The van der Waals surface area contributed by atoms with Crippen molar-refractivity contribution in [3.63, 3.8) is 0 Å².